The van der Waals surface area contributed by atoms with E-state index in [4.69, 9.17) is 4.74 Å². The fraction of sp³-hybridized carbons (Fsp3) is 0.133. The Morgan fingerprint density at radius 2 is 2.19 bits per heavy atom. The van der Waals surface area contributed by atoms with E-state index < -0.39 is 5.97 Å². The summed E-state index contributed by atoms with van der Waals surface area (Å²) in [6.45, 7) is 2.66. The second-order valence-electron chi connectivity index (χ2n) is 4.47. The van der Waals surface area contributed by atoms with E-state index in [2.05, 4.69) is 10.1 Å². The van der Waals surface area contributed by atoms with Crippen molar-refractivity contribution in [3.63, 3.8) is 0 Å². The van der Waals surface area contributed by atoms with Crippen LogP contribution < -0.4 is 4.74 Å². The second-order valence-corrected chi connectivity index (χ2v) is 4.47. The molecule has 0 radical (unpaired) electrons. The molecule has 0 aliphatic carbocycles. The number of aryl methyl sites for hydroxylation is 1. The van der Waals surface area contributed by atoms with Crippen LogP contribution >= 0.6 is 0 Å². The van der Waals surface area contributed by atoms with E-state index >= 15 is 0 Å². The number of carboxylic acid groups (broad SMARTS) is 1. The first-order valence-corrected chi connectivity index (χ1v) is 6.50. The smallest absolute Gasteiger partial charge is 0.341 e. The Kier molecular flexibility index (Phi) is 3.27. The third kappa shape index (κ3) is 2.55. The van der Waals surface area contributed by atoms with Crippen LogP contribution in [0.2, 0.25) is 0 Å². The topological polar surface area (TPSA) is 77.2 Å². The highest BCUT2D eigenvalue weighted by Gasteiger charge is 2.16. The van der Waals surface area contributed by atoms with E-state index in [9.17, 15) is 9.90 Å². The normalized spacial score (nSPS) is 10.7. The summed E-state index contributed by atoms with van der Waals surface area (Å²) >= 11 is 0. The lowest BCUT2D eigenvalue weighted by Gasteiger charge is -2.07. The lowest BCUT2D eigenvalue weighted by Crippen LogP contribution is -2.02. The number of aromatic carboxylic acids is 1. The molecule has 0 fully saturated rings. The largest absolute Gasteiger partial charge is 0.477 e. The van der Waals surface area contributed by atoms with Gasteiger partial charge in [-0.1, -0.05) is 18.2 Å². The standard InChI is InChI=1S/C15H13N3O3/c1-2-18-9-11(8-16-18)21-14-12(15(19)20)7-10-5-3-4-6-13(10)17-14/h3-9H,2H2,1H3,(H,19,20). The van der Waals surface area contributed by atoms with E-state index in [0.29, 0.717) is 17.8 Å². The van der Waals surface area contributed by atoms with Gasteiger partial charge in [0.05, 0.1) is 17.9 Å². The predicted molar refractivity (Wildman–Crippen MR) is 76.7 cm³/mol. The lowest BCUT2D eigenvalue weighted by atomic mass is 10.1. The zero-order valence-corrected chi connectivity index (χ0v) is 11.4. The van der Waals surface area contributed by atoms with Crippen molar-refractivity contribution in [1.29, 1.82) is 0 Å². The fourth-order valence-corrected chi connectivity index (χ4v) is 2.01. The van der Waals surface area contributed by atoms with Crippen LogP contribution in [0, 0.1) is 0 Å². The summed E-state index contributed by atoms with van der Waals surface area (Å²) in [7, 11) is 0. The summed E-state index contributed by atoms with van der Waals surface area (Å²) in [6.07, 6.45) is 3.23. The van der Waals surface area contributed by atoms with Gasteiger partial charge in [-0.3, -0.25) is 4.68 Å². The maximum atomic E-state index is 11.4. The van der Waals surface area contributed by atoms with Gasteiger partial charge in [-0.15, -0.1) is 0 Å². The lowest BCUT2D eigenvalue weighted by molar-refractivity contribution is 0.0693. The Bertz CT molecular complexity index is 811. The molecule has 0 aliphatic rings. The molecule has 6 heteroatoms. The van der Waals surface area contributed by atoms with Crippen LogP contribution in [0.15, 0.2) is 42.7 Å². The van der Waals surface area contributed by atoms with E-state index in [0.717, 1.165) is 5.39 Å². The molecule has 2 aromatic heterocycles. The molecule has 2 heterocycles. The SMILES string of the molecule is CCn1cc(Oc2nc3ccccc3cc2C(=O)O)cn1. The number of benzene rings is 1. The molecule has 106 valence electrons. The summed E-state index contributed by atoms with van der Waals surface area (Å²) in [5.41, 5.74) is 0.707. The van der Waals surface area contributed by atoms with Gasteiger partial charge in [0.1, 0.15) is 5.56 Å². The van der Waals surface area contributed by atoms with Gasteiger partial charge in [0.2, 0.25) is 5.88 Å². The molecule has 3 aromatic rings. The molecule has 0 unspecified atom stereocenters. The average Bonchev–Trinajstić information content (AvgIpc) is 2.94. The minimum Gasteiger partial charge on any atom is -0.477 e. The minimum absolute atomic E-state index is 0.0259. The van der Waals surface area contributed by atoms with E-state index in [1.807, 2.05) is 31.2 Å². The maximum Gasteiger partial charge on any atom is 0.341 e. The third-order valence-corrected chi connectivity index (χ3v) is 3.07. The van der Waals surface area contributed by atoms with Crippen molar-refractivity contribution in [2.45, 2.75) is 13.5 Å². The van der Waals surface area contributed by atoms with Crippen molar-refractivity contribution in [1.82, 2.24) is 14.8 Å². The summed E-state index contributed by atoms with van der Waals surface area (Å²) in [5, 5.41) is 14.2. The Hall–Kier alpha value is -2.89. The molecule has 0 saturated carbocycles. The van der Waals surface area contributed by atoms with Crippen LogP contribution in [0.4, 0.5) is 0 Å². The van der Waals surface area contributed by atoms with Crippen LogP contribution in [-0.2, 0) is 6.54 Å². The zero-order valence-electron chi connectivity index (χ0n) is 11.4. The number of carboxylic acids is 1. The molecule has 1 N–H and O–H groups in total. The predicted octanol–water partition coefficient (Wildman–Crippen LogP) is 2.94. The van der Waals surface area contributed by atoms with Crippen molar-refractivity contribution in [3.8, 4) is 11.6 Å². The second kappa shape index (κ2) is 5.24. The third-order valence-electron chi connectivity index (χ3n) is 3.07. The first-order chi connectivity index (χ1) is 10.2. The molecule has 6 nitrogen and oxygen atoms in total. The van der Waals surface area contributed by atoms with Crippen LogP contribution in [0.3, 0.4) is 0 Å². The molecular formula is C15H13N3O3. The number of para-hydroxylation sites is 1. The summed E-state index contributed by atoms with van der Waals surface area (Å²) < 4.78 is 7.28. The quantitative estimate of drug-likeness (QED) is 0.796. The Morgan fingerprint density at radius 1 is 1.38 bits per heavy atom. The van der Waals surface area contributed by atoms with E-state index in [-0.39, 0.29) is 11.4 Å². The number of pyridine rings is 1. The summed E-state index contributed by atoms with van der Waals surface area (Å²) in [6, 6.07) is 8.86. The van der Waals surface area contributed by atoms with Crippen molar-refractivity contribution >= 4 is 16.9 Å². The van der Waals surface area contributed by atoms with Gasteiger partial charge in [-0.05, 0) is 19.1 Å². The number of hydrogen-bond donors (Lipinski definition) is 1. The highest BCUT2D eigenvalue weighted by molar-refractivity contribution is 5.95. The molecular weight excluding hydrogens is 270 g/mol. The number of nitrogens with zero attached hydrogens (tertiary/aromatic N) is 3. The van der Waals surface area contributed by atoms with Crippen molar-refractivity contribution in [2.75, 3.05) is 0 Å². The highest BCUT2D eigenvalue weighted by atomic mass is 16.5. The van der Waals surface area contributed by atoms with Gasteiger partial charge < -0.3 is 9.84 Å². The van der Waals surface area contributed by atoms with E-state index in [1.165, 1.54) is 6.20 Å². The molecule has 0 bridgehead atoms. The number of ether oxygens (including phenoxy) is 1. The molecule has 0 spiro atoms. The van der Waals surface area contributed by atoms with Gasteiger partial charge in [0.15, 0.2) is 5.75 Å². The van der Waals surface area contributed by atoms with Crippen LogP contribution in [0.1, 0.15) is 17.3 Å². The molecule has 0 atom stereocenters. The fourth-order valence-electron chi connectivity index (χ4n) is 2.01. The van der Waals surface area contributed by atoms with Crippen molar-refractivity contribution < 1.29 is 14.6 Å². The van der Waals surface area contributed by atoms with E-state index in [1.54, 1.807) is 16.9 Å². The summed E-state index contributed by atoms with van der Waals surface area (Å²) in [4.78, 5) is 15.7. The van der Waals surface area contributed by atoms with Gasteiger partial charge >= 0.3 is 5.97 Å². The first kappa shape index (κ1) is 13.1. The molecule has 1 aromatic carbocycles. The van der Waals surface area contributed by atoms with Gasteiger partial charge in [0, 0.05) is 11.9 Å². The highest BCUT2D eigenvalue weighted by Crippen LogP contribution is 2.26. The number of rotatable bonds is 4. The summed E-state index contributed by atoms with van der Waals surface area (Å²) in [5.74, 6) is -0.551. The number of carbonyl (C=O) groups is 1. The Morgan fingerprint density at radius 3 is 2.90 bits per heavy atom. The first-order valence-electron chi connectivity index (χ1n) is 6.50. The molecule has 0 aliphatic heterocycles. The van der Waals surface area contributed by atoms with Crippen LogP contribution in [0.25, 0.3) is 10.9 Å². The van der Waals surface area contributed by atoms with Crippen molar-refractivity contribution in [3.05, 3.63) is 48.3 Å². The number of hydrogen-bond acceptors (Lipinski definition) is 4. The van der Waals surface area contributed by atoms with Gasteiger partial charge in [-0.25, -0.2) is 9.78 Å². The van der Waals surface area contributed by atoms with Gasteiger partial charge in [-0.2, -0.15) is 5.10 Å². The molecule has 0 saturated heterocycles. The van der Waals surface area contributed by atoms with Crippen molar-refractivity contribution in [2.24, 2.45) is 0 Å². The molecule has 0 amide bonds. The van der Waals surface area contributed by atoms with Gasteiger partial charge in [0.25, 0.3) is 0 Å². The number of fused-ring (bicyclic) bond motifs is 1. The Labute approximate surface area is 120 Å². The molecule has 21 heavy (non-hydrogen) atoms. The average molecular weight is 283 g/mol. The number of aromatic nitrogens is 3. The van der Waals surface area contributed by atoms with Crippen LogP contribution in [-0.4, -0.2) is 25.8 Å². The van der Waals surface area contributed by atoms with Crippen LogP contribution in [0.5, 0.6) is 11.6 Å². The monoisotopic (exact) mass is 283 g/mol. The maximum absolute atomic E-state index is 11.4. The zero-order chi connectivity index (χ0) is 14.8. The minimum atomic E-state index is -1.08. The Balaban J connectivity index is 2.06. The molecule has 3 rings (SSSR count).